The fourth-order valence-corrected chi connectivity index (χ4v) is 2.04. The van der Waals surface area contributed by atoms with Crippen molar-refractivity contribution in [1.82, 2.24) is 0 Å². The summed E-state index contributed by atoms with van der Waals surface area (Å²) in [5, 5.41) is 0.0650. The number of halogens is 2. The van der Waals surface area contributed by atoms with Gasteiger partial charge in [-0.2, -0.15) is 0 Å². The maximum atomic E-state index is 14.0. The summed E-state index contributed by atoms with van der Waals surface area (Å²) in [7, 11) is -0.669. The van der Waals surface area contributed by atoms with Gasteiger partial charge in [0.05, 0.1) is 16.2 Å². The van der Waals surface area contributed by atoms with E-state index in [0.29, 0.717) is 11.0 Å². The fraction of sp³-hybridized carbons (Fsp3) is 0.429. The third kappa shape index (κ3) is 2.45. The molecule has 5 heteroatoms. The lowest BCUT2D eigenvalue weighted by atomic mass is 9.75. The maximum Gasteiger partial charge on any atom is 0.494 e. The molecule has 1 aliphatic rings. The highest BCUT2D eigenvalue weighted by atomic mass is 35.5. The monoisotopic (exact) mass is 282 g/mol. The van der Waals surface area contributed by atoms with Crippen molar-refractivity contribution < 1.29 is 13.7 Å². The lowest BCUT2D eigenvalue weighted by molar-refractivity contribution is 0.00578. The zero-order valence-electron chi connectivity index (χ0n) is 11.6. The first-order valence-corrected chi connectivity index (χ1v) is 6.52. The van der Waals surface area contributed by atoms with E-state index in [-0.39, 0.29) is 5.02 Å². The van der Waals surface area contributed by atoms with E-state index in [4.69, 9.17) is 20.9 Å². The van der Waals surface area contributed by atoms with Gasteiger partial charge in [0.25, 0.3) is 0 Å². The summed E-state index contributed by atoms with van der Waals surface area (Å²) in [6, 6.07) is 4.80. The van der Waals surface area contributed by atoms with Gasteiger partial charge in [0.1, 0.15) is 5.82 Å². The molecule has 2 rings (SSSR count). The van der Waals surface area contributed by atoms with Crippen LogP contribution in [0.15, 0.2) is 24.8 Å². The summed E-state index contributed by atoms with van der Waals surface area (Å²) in [6.45, 7) is 11.6. The summed E-state index contributed by atoms with van der Waals surface area (Å²) in [5.41, 5.74) is -0.185. The summed E-state index contributed by atoms with van der Waals surface area (Å²) in [4.78, 5) is 0. The smallest absolute Gasteiger partial charge is 0.399 e. The highest BCUT2D eigenvalue weighted by Gasteiger charge is 2.52. The molecule has 1 fully saturated rings. The molecule has 102 valence electrons. The lowest BCUT2D eigenvalue weighted by Crippen LogP contribution is -2.41. The second kappa shape index (κ2) is 4.62. The Kier molecular flexibility index (Phi) is 3.54. The standard InChI is InChI=1S/C14H17BClFO2/c1-9(10-7-6-8-11(16)12(10)17)15-18-13(2,3)14(4,5)19-15/h6-8H,1H2,2-5H3. The average Bonchev–Trinajstić information content (AvgIpc) is 2.51. The molecule has 0 radical (unpaired) electrons. The second-order valence-electron chi connectivity index (χ2n) is 5.71. The summed E-state index contributed by atoms with van der Waals surface area (Å²) in [6.07, 6.45) is 0. The predicted octanol–water partition coefficient (Wildman–Crippen LogP) is 4.12. The predicted molar refractivity (Wildman–Crippen MR) is 76.5 cm³/mol. The van der Waals surface area contributed by atoms with Crippen molar-refractivity contribution in [2.24, 2.45) is 0 Å². The molecule has 0 atom stereocenters. The Bertz CT molecular complexity index is 512. The Labute approximate surface area is 118 Å². The first-order valence-electron chi connectivity index (χ1n) is 6.14. The first kappa shape index (κ1) is 14.6. The molecule has 1 aromatic carbocycles. The Morgan fingerprint density at radius 3 is 2.26 bits per heavy atom. The zero-order valence-corrected chi connectivity index (χ0v) is 12.3. The van der Waals surface area contributed by atoms with Crippen LogP contribution in [0.2, 0.25) is 5.02 Å². The molecule has 0 aliphatic carbocycles. The van der Waals surface area contributed by atoms with Gasteiger partial charge >= 0.3 is 7.12 Å². The normalized spacial score (nSPS) is 20.6. The van der Waals surface area contributed by atoms with Crippen molar-refractivity contribution in [1.29, 1.82) is 0 Å². The van der Waals surface area contributed by atoms with Crippen molar-refractivity contribution in [3.8, 4) is 0 Å². The average molecular weight is 283 g/mol. The Morgan fingerprint density at radius 2 is 1.74 bits per heavy atom. The van der Waals surface area contributed by atoms with Crippen LogP contribution in [0.1, 0.15) is 33.3 Å². The van der Waals surface area contributed by atoms with Crippen LogP contribution in [0.25, 0.3) is 5.47 Å². The van der Waals surface area contributed by atoms with Crippen LogP contribution in [0.5, 0.6) is 0 Å². The third-order valence-corrected chi connectivity index (χ3v) is 4.13. The lowest BCUT2D eigenvalue weighted by Gasteiger charge is -2.32. The van der Waals surface area contributed by atoms with Crippen LogP contribution in [-0.2, 0) is 9.31 Å². The molecule has 1 aliphatic heterocycles. The SMILES string of the molecule is C=C(B1OC(C)(C)C(C)(C)O1)c1cccc(Cl)c1F. The summed E-state index contributed by atoms with van der Waals surface area (Å²) < 4.78 is 25.7. The van der Waals surface area contributed by atoms with Gasteiger partial charge in [0, 0.05) is 5.56 Å². The fourth-order valence-electron chi connectivity index (χ4n) is 1.86. The summed E-state index contributed by atoms with van der Waals surface area (Å²) >= 11 is 5.78. The number of hydrogen-bond donors (Lipinski definition) is 0. The van der Waals surface area contributed by atoms with Crippen molar-refractivity contribution in [3.05, 3.63) is 41.2 Å². The molecule has 0 saturated carbocycles. The van der Waals surface area contributed by atoms with E-state index in [1.165, 1.54) is 6.07 Å². The van der Waals surface area contributed by atoms with Crippen molar-refractivity contribution >= 4 is 24.2 Å². The molecule has 0 bridgehead atoms. The van der Waals surface area contributed by atoms with E-state index in [9.17, 15) is 4.39 Å². The molecule has 2 nitrogen and oxygen atoms in total. The molecular weight excluding hydrogens is 265 g/mol. The topological polar surface area (TPSA) is 18.5 Å². The highest BCUT2D eigenvalue weighted by molar-refractivity contribution is 6.68. The number of hydrogen-bond acceptors (Lipinski definition) is 2. The van der Waals surface area contributed by atoms with Gasteiger partial charge in [-0.05, 0) is 39.2 Å². The van der Waals surface area contributed by atoms with Gasteiger partial charge < -0.3 is 9.31 Å². The van der Waals surface area contributed by atoms with E-state index in [2.05, 4.69) is 6.58 Å². The minimum atomic E-state index is -0.669. The largest absolute Gasteiger partial charge is 0.494 e. The first-order chi connectivity index (χ1) is 8.66. The van der Waals surface area contributed by atoms with Gasteiger partial charge in [-0.25, -0.2) is 4.39 Å². The molecule has 0 spiro atoms. The Morgan fingerprint density at radius 1 is 1.21 bits per heavy atom. The van der Waals surface area contributed by atoms with Gasteiger partial charge in [-0.15, -0.1) is 0 Å². The third-order valence-electron chi connectivity index (χ3n) is 3.84. The van der Waals surface area contributed by atoms with E-state index in [1.54, 1.807) is 12.1 Å². The van der Waals surface area contributed by atoms with Crippen molar-refractivity contribution in [2.45, 2.75) is 38.9 Å². The maximum absolute atomic E-state index is 14.0. The van der Waals surface area contributed by atoms with Crippen molar-refractivity contribution in [2.75, 3.05) is 0 Å². The van der Waals surface area contributed by atoms with Crippen LogP contribution in [0.3, 0.4) is 0 Å². The van der Waals surface area contributed by atoms with Gasteiger partial charge in [0.15, 0.2) is 0 Å². The molecular formula is C14H17BClFO2. The van der Waals surface area contributed by atoms with Gasteiger partial charge in [-0.1, -0.05) is 30.3 Å². The molecule has 19 heavy (non-hydrogen) atoms. The van der Waals surface area contributed by atoms with E-state index >= 15 is 0 Å². The van der Waals surface area contributed by atoms with Crippen LogP contribution in [0, 0.1) is 5.82 Å². The molecule has 1 saturated heterocycles. The van der Waals surface area contributed by atoms with Crippen LogP contribution in [0.4, 0.5) is 4.39 Å². The minimum absolute atomic E-state index is 0.0650. The van der Waals surface area contributed by atoms with E-state index in [0.717, 1.165) is 0 Å². The quantitative estimate of drug-likeness (QED) is 0.760. The Balaban J connectivity index is 2.30. The highest BCUT2D eigenvalue weighted by Crippen LogP contribution is 2.40. The molecule has 0 N–H and O–H groups in total. The van der Waals surface area contributed by atoms with Crippen molar-refractivity contribution in [3.63, 3.8) is 0 Å². The molecule has 0 amide bonds. The molecule has 0 unspecified atom stereocenters. The number of benzene rings is 1. The molecule has 1 heterocycles. The zero-order chi connectivity index (χ0) is 14.4. The van der Waals surface area contributed by atoms with Gasteiger partial charge in [-0.3, -0.25) is 0 Å². The summed E-state index contributed by atoms with van der Waals surface area (Å²) in [5.74, 6) is -0.496. The van der Waals surface area contributed by atoms with E-state index in [1.807, 2.05) is 27.7 Å². The van der Waals surface area contributed by atoms with Crippen LogP contribution in [-0.4, -0.2) is 18.3 Å². The Hall–Kier alpha value is -0.835. The second-order valence-corrected chi connectivity index (χ2v) is 6.12. The van der Waals surface area contributed by atoms with Crippen LogP contribution >= 0.6 is 11.6 Å². The van der Waals surface area contributed by atoms with E-state index < -0.39 is 24.1 Å². The molecule has 0 aromatic heterocycles. The van der Waals surface area contributed by atoms with Crippen LogP contribution < -0.4 is 0 Å². The van der Waals surface area contributed by atoms with Gasteiger partial charge in [0.2, 0.25) is 0 Å². The number of rotatable bonds is 2. The molecule has 1 aromatic rings. The minimum Gasteiger partial charge on any atom is -0.399 e.